The zero-order chi connectivity index (χ0) is 18.9. The molecule has 3 nitrogen and oxygen atoms in total. The van der Waals surface area contributed by atoms with Gasteiger partial charge in [-0.1, -0.05) is 20.8 Å². The van der Waals surface area contributed by atoms with Crippen LogP contribution < -0.4 is 0 Å². The summed E-state index contributed by atoms with van der Waals surface area (Å²) >= 11 is 0. The fourth-order valence-corrected chi connectivity index (χ4v) is 8.96. The van der Waals surface area contributed by atoms with Crippen LogP contribution in [0.3, 0.4) is 0 Å². The second-order valence-corrected chi connectivity index (χ2v) is 11.2. The summed E-state index contributed by atoms with van der Waals surface area (Å²) in [6.45, 7) is 8.88. The second-order valence-electron chi connectivity index (χ2n) is 11.2. The highest BCUT2D eigenvalue weighted by molar-refractivity contribution is 5.53. The molecule has 1 heterocycles. The van der Waals surface area contributed by atoms with E-state index in [9.17, 15) is 4.79 Å². The minimum absolute atomic E-state index is 0.231. The molecule has 1 saturated heterocycles. The van der Waals surface area contributed by atoms with Crippen molar-refractivity contribution in [3.8, 4) is 0 Å². The second kappa shape index (κ2) is 6.29. The van der Waals surface area contributed by atoms with E-state index in [1.807, 2.05) is 0 Å². The minimum Gasteiger partial charge on any atom is -0.348 e. The maximum Gasteiger partial charge on any atom is 0.168 e. The van der Waals surface area contributed by atoms with Gasteiger partial charge < -0.3 is 14.3 Å². The number of hydrogen-bond donors (Lipinski definition) is 0. The maximum absolute atomic E-state index is 11.5. The highest BCUT2D eigenvalue weighted by Gasteiger charge is 2.62. The molecule has 8 atom stereocenters. The molecule has 3 heteroatoms. The number of fused-ring (bicyclic) bond motifs is 5. The number of ether oxygens (including phenoxy) is 2. The van der Waals surface area contributed by atoms with Crippen molar-refractivity contribution in [1.29, 1.82) is 0 Å². The zero-order valence-corrected chi connectivity index (χ0v) is 17.5. The summed E-state index contributed by atoms with van der Waals surface area (Å²) in [7, 11) is 0. The summed E-state index contributed by atoms with van der Waals surface area (Å²) in [5.74, 6) is 3.97. The van der Waals surface area contributed by atoms with Crippen LogP contribution in [0, 0.1) is 46.3 Å². The fraction of sp³-hybridized carbons (Fsp3) is 0.958. The number of carbonyl (C=O) groups excluding carboxylic acids is 1. The van der Waals surface area contributed by atoms with E-state index < -0.39 is 0 Å². The van der Waals surface area contributed by atoms with Crippen molar-refractivity contribution >= 4 is 6.29 Å². The quantitative estimate of drug-likeness (QED) is 0.621. The Morgan fingerprint density at radius 3 is 2.37 bits per heavy atom. The maximum atomic E-state index is 11.5. The monoisotopic (exact) mass is 374 g/mol. The predicted octanol–water partition coefficient (Wildman–Crippen LogP) is 5.22. The zero-order valence-electron chi connectivity index (χ0n) is 17.5. The van der Waals surface area contributed by atoms with Crippen molar-refractivity contribution in [2.45, 2.75) is 84.3 Å². The van der Waals surface area contributed by atoms with Gasteiger partial charge in [-0.3, -0.25) is 0 Å². The summed E-state index contributed by atoms with van der Waals surface area (Å²) < 4.78 is 12.2. The van der Waals surface area contributed by atoms with Gasteiger partial charge in [0.05, 0.1) is 13.2 Å². The highest BCUT2D eigenvalue weighted by atomic mass is 16.7. The van der Waals surface area contributed by atoms with Gasteiger partial charge in [-0.05, 0) is 85.4 Å². The van der Waals surface area contributed by atoms with Crippen LogP contribution in [-0.4, -0.2) is 25.3 Å². The molecule has 0 bridgehead atoms. The third-order valence-electron chi connectivity index (χ3n) is 10.4. The Balaban J connectivity index is 1.38. The van der Waals surface area contributed by atoms with Gasteiger partial charge >= 0.3 is 0 Å². The Morgan fingerprint density at radius 2 is 1.63 bits per heavy atom. The van der Waals surface area contributed by atoms with Crippen molar-refractivity contribution in [1.82, 2.24) is 0 Å². The van der Waals surface area contributed by atoms with E-state index in [1.54, 1.807) is 0 Å². The Morgan fingerprint density at radius 1 is 0.889 bits per heavy atom. The van der Waals surface area contributed by atoms with Crippen LogP contribution in [0.25, 0.3) is 0 Å². The van der Waals surface area contributed by atoms with Crippen molar-refractivity contribution in [2.75, 3.05) is 13.2 Å². The first-order valence-corrected chi connectivity index (χ1v) is 11.7. The number of carbonyl (C=O) groups is 1. The van der Waals surface area contributed by atoms with Crippen LogP contribution in [0.15, 0.2) is 0 Å². The Bertz CT molecular complexity index is 596. The average Bonchev–Trinajstić information content (AvgIpc) is 3.26. The molecule has 0 unspecified atom stereocenters. The van der Waals surface area contributed by atoms with E-state index in [0.717, 1.165) is 49.7 Å². The van der Waals surface area contributed by atoms with Gasteiger partial charge in [-0.25, -0.2) is 0 Å². The largest absolute Gasteiger partial charge is 0.348 e. The molecule has 1 aliphatic heterocycles. The Hall–Kier alpha value is -0.410. The molecule has 1 spiro atoms. The molecule has 0 amide bonds. The van der Waals surface area contributed by atoms with Gasteiger partial charge in [-0.15, -0.1) is 0 Å². The van der Waals surface area contributed by atoms with Crippen LogP contribution in [0.1, 0.15) is 78.6 Å². The molecule has 5 fully saturated rings. The molecule has 0 aromatic rings. The van der Waals surface area contributed by atoms with Crippen LogP contribution >= 0.6 is 0 Å². The van der Waals surface area contributed by atoms with E-state index in [2.05, 4.69) is 20.8 Å². The lowest BCUT2D eigenvalue weighted by Gasteiger charge is -2.62. The first-order valence-electron chi connectivity index (χ1n) is 11.7. The highest BCUT2D eigenvalue weighted by Crippen LogP contribution is 2.69. The summed E-state index contributed by atoms with van der Waals surface area (Å²) in [6.07, 6.45) is 12.8. The SMILES string of the molecule is C[C@H](C=O)[C@H]1CC[C@H]2[C@@H]3CC[C@H]4CC5(CC[C@]4(C)[C@H]3CC[C@]12C)OCCO5. The molecular weight excluding hydrogens is 336 g/mol. The third kappa shape index (κ3) is 2.56. The third-order valence-corrected chi connectivity index (χ3v) is 10.4. The molecule has 0 aromatic carbocycles. The summed E-state index contributed by atoms with van der Waals surface area (Å²) in [6, 6.07) is 0. The molecule has 0 N–H and O–H groups in total. The summed E-state index contributed by atoms with van der Waals surface area (Å²) in [5.41, 5.74) is 0.872. The van der Waals surface area contributed by atoms with Crippen molar-refractivity contribution in [2.24, 2.45) is 46.3 Å². The molecule has 4 saturated carbocycles. The Labute approximate surface area is 164 Å². The van der Waals surface area contributed by atoms with E-state index in [-0.39, 0.29) is 11.7 Å². The molecule has 5 aliphatic rings. The predicted molar refractivity (Wildman–Crippen MR) is 105 cm³/mol. The standard InChI is InChI=1S/C24H38O3/c1-16(15-25)19-6-7-20-18-5-4-17-14-24(26-12-13-27-24)11-10-22(17,2)21(18)8-9-23(19,20)3/h15-21H,4-14H2,1-3H3/t16-,17+,18+,19-,20+,21+,22+,23-/m1/s1. The molecular formula is C24H38O3. The lowest BCUT2D eigenvalue weighted by molar-refractivity contribution is -0.229. The van der Waals surface area contributed by atoms with Crippen molar-refractivity contribution in [3.05, 3.63) is 0 Å². The van der Waals surface area contributed by atoms with Gasteiger partial charge in [0.2, 0.25) is 0 Å². The van der Waals surface area contributed by atoms with Crippen LogP contribution in [-0.2, 0) is 14.3 Å². The summed E-state index contributed by atoms with van der Waals surface area (Å²) in [4.78, 5) is 11.5. The van der Waals surface area contributed by atoms with Gasteiger partial charge in [0.15, 0.2) is 5.79 Å². The lowest BCUT2D eigenvalue weighted by Crippen LogP contribution is -2.56. The number of aldehydes is 1. The number of rotatable bonds is 2. The van der Waals surface area contributed by atoms with Gasteiger partial charge in [0.1, 0.15) is 6.29 Å². The molecule has 5 rings (SSSR count). The Kier molecular flexibility index (Phi) is 4.34. The smallest absolute Gasteiger partial charge is 0.168 e. The van der Waals surface area contributed by atoms with E-state index in [4.69, 9.17) is 9.47 Å². The lowest BCUT2D eigenvalue weighted by atomic mass is 9.44. The number of hydrogen-bond acceptors (Lipinski definition) is 3. The normalized spacial score (nSPS) is 52.0. The average molecular weight is 375 g/mol. The van der Waals surface area contributed by atoms with E-state index >= 15 is 0 Å². The minimum atomic E-state index is -0.238. The topological polar surface area (TPSA) is 35.5 Å². The van der Waals surface area contributed by atoms with Crippen molar-refractivity contribution < 1.29 is 14.3 Å². The van der Waals surface area contributed by atoms with Crippen LogP contribution in [0.2, 0.25) is 0 Å². The van der Waals surface area contributed by atoms with Gasteiger partial charge in [0, 0.05) is 18.8 Å². The first-order chi connectivity index (χ1) is 12.9. The van der Waals surface area contributed by atoms with E-state index in [0.29, 0.717) is 16.7 Å². The van der Waals surface area contributed by atoms with Crippen LogP contribution in [0.4, 0.5) is 0 Å². The molecule has 27 heavy (non-hydrogen) atoms. The van der Waals surface area contributed by atoms with Crippen molar-refractivity contribution in [3.63, 3.8) is 0 Å². The molecule has 0 radical (unpaired) electrons. The first kappa shape index (κ1) is 18.6. The molecule has 152 valence electrons. The molecule has 4 aliphatic carbocycles. The molecule has 0 aromatic heterocycles. The van der Waals surface area contributed by atoms with Gasteiger partial charge in [0.25, 0.3) is 0 Å². The fourth-order valence-electron chi connectivity index (χ4n) is 8.96. The van der Waals surface area contributed by atoms with Gasteiger partial charge in [-0.2, -0.15) is 0 Å². The van der Waals surface area contributed by atoms with Crippen LogP contribution in [0.5, 0.6) is 0 Å². The summed E-state index contributed by atoms with van der Waals surface area (Å²) in [5, 5.41) is 0. The van der Waals surface area contributed by atoms with E-state index in [1.165, 1.54) is 51.2 Å².